The quantitative estimate of drug-likeness (QED) is 0.613. The molecule has 0 unspecified atom stereocenters. The van der Waals surface area contributed by atoms with Crippen molar-refractivity contribution in [1.82, 2.24) is 15.3 Å². The third kappa shape index (κ3) is 5.65. The molecule has 2 aromatic rings. The lowest BCUT2D eigenvalue weighted by Gasteiger charge is -2.07. The van der Waals surface area contributed by atoms with E-state index in [1.54, 1.807) is 11.8 Å². The van der Waals surface area contributed by atoms with E-state index in [2.05, 4.69) is 29.1 Å². The zero-order chi connectivity index (χ0) is 15.1. The minimum Gasteiger partial charge on any atom is -0.312 e. The molecule has 0 amide bonds. The first-order chi connectivity index (χ1) is 10.1. The topological polar surface area (TPSA) is 37.8 Å². The smallest absolute Gasteiger partial charge is 0.187 e. The van der Waals surface area contributed by atoms with Gasteiger partial charge in [-0.15, -0.1) is 0 Å². The maximum Gasteiger partial charge on any atom is 0.187 e. The van der Waals surface area contributed by atoms with Gasteiger partial charge in [-0.1, -0.05) is 55.4 Å². The van der Waals surface area contributed by atoms with Gasteiger partial charge in [-0.2, -0.15) is 0 Å². The van der Waals surface area contributed by atoms with Crippen LogP contribution in [0.4, 0.5) is 0 Å². The Morgan fingerprint density at radius 3 is 2.57 bits per heavy atom. The van der Waals surface area contributed by atoms with Crippen molar-refractivity contribution in [2.75, 3.05) is 6.54 Å². The molecule has 1 aromatic heterocycles. The Hall–Kier alpha value is -1.10. The highest BCUT2D eigenvalue weighted by Crippen LogP contribution is 2.24. The van der Waals surface area contributed by atoms with Gasteiger partial charge >= 0.3 is 0 Å². The number of nitrogens with zero attached hydrogens (tertiary/aromatic N) is 2. The fraction of sp³-hybridized carbons (Fsp3) is 0.375. The number of hydrogen-bond donors (Lipinski definition) is 1. The van der Waals surface area contributed by atoms with Gasteiger partial charge in [0.2, 0.25) is 0 Å². The lowest BCUT2D eigenvalue weighted by atomic mass is 10.2. The summed E-state index contributed by atoms with van der Waals surface area (Å²) in [7, 11) is 0. The summed E-state index contributed by atoms with van der Waals surface area (Å²) in [6, 6.07) is 7.86. The van der Waals surface area contributed by atoms with Crippen LogP contribution in [0, 0.1) is 5.92 Å². The van der Waals surface area contributed by atoms with Crippen molar-refractivity contribution in [3.05, 3.63) is 52.8 Å². The molecule has 0 fully saturated rings. The predicted octanol–water partition coefficient (Wildman–Crippen LogP) is 4.17. The molecule has 21 heavy (non-hydrogen) atoms. The lowest BCUT2D eigenvalue weighted by molar-refractivity contribution is 0.550. The standard InChI is InChI=1S/C16H20ClN3S/c1-12(2)7-18-8-13-9-19-16(20-10-13)21-11-14-5-3-4-6-15(14)17/h3-6,9-10,12,18H,7-8,11H2,1-2H3. The van der Waals surface area contributed by atoms with Gasteiger partial charge in [0.25, 0.3) is 0 Å². The van der Waals surface area contributed by atoms with Crippen LogP contribution < -0.4 is 5.32 Å². The number of nitrogens with one attached hydrogen (secondary N) is 1. The Labute approximate surface area is 135 Å². The van der Waals surface area contributed by atoms with E-state index < -0.39 is 0 Å². The Morgan fingerprint density at radius 2 is 1.90 bits per heavy atom. The third-order valence-electron chi connectivity index (χ3n) is 2.88. The largest absolute Gasteiger partial charge is 0.312 e. The molecule has 0 aliphatic carbocycles. The van der Waals surface area contributed by atoms with Gasteiger partial charge in [-0.25, -0.2) is 9.97 Å². The van der Waals surface area contributed by atoms with Crippen molar-refractivity contribution in [2.45, 2.75) is 31.3 Å². The van der Waals surface area contributed by atoms with E-state index >= 15 is 0 Å². The second kappa shape index (κ2) is 8.37. The van der Waals surface area contributed by atoms with Crippen LogP contribution >= 0.6 is 23.4 Å². The normalized spacial score (nSPS) is 11.0. The van der Waals surface area contributed by atoms with Gasteiger partial charge in [-0.3, -0.25) is 0 Å². The summed E-state index contributed by atoms with van der Waals surface area (Å²) in [5.74, 6) is 1.43. The van der Waals surface area contributed by atoms with Gasteiger partial charge < -0.3 is 5.32 Å². The minimum absolute atomic E-state index is 0.649. The molecule has 0 aliphatic rings. The van der Waals surface area contributed by atoms with Crippen LogP contribution in [-0.4, -0.2) is 16.5 Å². The van der Waals surface area contributed by atoms with E-state index in [0.717, 1.165) is 40.1 Å². The van der Waals surface area contributed by atoms with Crippen LogP contribution in [0.2, 0.25) is 5.02 Å². The molecule has 0 atom stereocenters. The van der Waals surface area contributed by atoms with E-state index in [4.69, 9.17) is 11.6 Å². The highest BCUT2D eigenvalue weighted by Gasteiger charge is 2.03. The van der Waals surface area contributed by atoms with Crippen molar-refractivity contribution in [1.29, 1.82) is 0 Å². The van der Waals surface area contributed by atoms with E-state index in [1.165, 1.54) is 0 Å². The molecular formula is C16H20ClN3S. The van der Waals surface area contributed by atoms with Crippen LogP contribution in [0.15, 0.2) is 41.8 Å². The predicted molar refractivity (Wildman–Crippen MR) is 89.6 cm³/mol. The molecule has 0 aliphatic heterocycles. The Morgan fingerprint density at radius 1 is 1.19 bits per heavy atom. The van der Waals surface area contributed by atoms with Crippen molar-refractivity contribution in [2.24, 2.45) is 5.92 Å². The SMILES string of the molecule is CC(C)CNCc1cnc(SCc2ccccc2Cl)nc1. The number of benzene rings is 1. The second-order valence-corrected chi connectivity index (χ2v) is 6.63. The number of aromatic nitrogens is 2. The average Bonchev–Trinajstić information content (AvgIpc) is 2.47. The van der Waals surface area contributed by atoms with E-state index in [0.29, 0.717) is 5.92 Å². The first kappa shape index (κ1) is 16.3. The molecule has 0 bridgehead atoms. The van der Waals surface area contributed by atoms with Crippen molar-refractivity contribution in [3.8, 4) is 0 Å². The molecule has 1 aromatic carbocycles. The third-order valence-corrected chi connectivity index (χ3v) is 4.17. The van der Waals surface area contributed by atoms with Crippen molar-refractivity contribution in [3.63, 3.8) is 0 Å². The van der Waals surface area contributed by atoms with Crippen LogP contribution in [-0.2, 0) is 12.3 Å². The Bertz CT molecular complexity index is 558. The first-order valence-electron chi connectivity index (χ1n) is 7.03. The van der Waals surface area contributed by atoms with Crippen LogP contribution in [0.25, 0.3) is 0 Å². The number of hydrogen-bond acceptors (Lipinski definition) is 4. The van der Waals surface area contributed by atoms with Gasteiger partial charge in [0.1, 0.15) is 0 Å². The number of rotatable bonds is 7. The van der Waals surface area contributed by atoms with Gasteiger partial charge in [0.05, 0.1) is 0 Å². The molecule has 0 saturated heterocycles. The minimum atomic E-state index is 0.649. The summed E-state index contributed by atoms with van der Waals surface area (Å²) in [6.07, 6.45) is 3.77. The molecule has 0 spiro atoms. The fourth-order valence-electron chi connectivity index (χ4n) is 1.77. The molecule has 0 saturated carbocycles. The van der Waals surface area contributed by atoms with Gasteiger partial charge in [0, 0.05) is 35.3 Å². The maximum atomic E-state index is 6.14. The second-order valence-electron chi connectivity index (χ2n) is 5.28. The zero-order valence-electron chi connectivity index (χ0n) is 12.3. The zero-order valence-corrected chi connectivity index (χ0v) is 13.9. The summed E-state index contributed by atoms with van der Waals surface area (Å²) in [4.78, 5) is 8.78. The molecule has 112 valence electrons. The molecule has 1 N–H and O–H groups in total. The highest BCUT2D eigenvalue weighted by molar-refractivity contribution is 7.98. The van der Waals surface area contributed by atoms with Crippen LogP contribution in [0.1, 0.15) is 25.0 Å². The monoisotopic (exact) mass is 321 g/mol. The average molecular weight is 322 g/mol. The summed E-state index contributed by atoms with van der Waals surface area (Å²) >= 11 is 7.73. The van der Waals surface area contributed by atoms with E-state index in [1.807, 2.05) is 36.7 Å². The van der Waals surface area contributed by atoms with E-state index in [-0.39, 0.29) is 0 Å². The molecule has 1 heterocycles. The summed E-state index contributed by atoms with van der Waals surface area (Å²) < 4.78 is 0. The molecule has 3 nitrogen and oxygen atoms in total. The fourth-order valence-corrected chi connectivity index (χ4v) is 2.84. The summed E-state index contributed by atoms with van der Waals surface area (Å²) in [6.45, 7) is 6.20. The number of halogens is 1. The molecule has 0 radical (unpaired) electrons. The molecule has 5 heteroatoms. The highest BCUT2D eigenvalue weighted by atomic mass is 35.5. The van der Waals surface area contributed by atoms with Gasteiger partial charge in [-0.05, 0) is 24.1 Å². The lowest BCUT2D eigenvalue weighted by Crippen LogP contribution is -2.19. The van der Waals surface area contributed by atoms with Crippen LogP contribution in [0.3, 0.4) is 0 Å². The van der Waals surface area contributed by atoms with Gasteiger partial charge in [0.15, 0.2) is 5.16 Å². The Balaban J connectivity index is 1.84. The molecular weight excluding hydrogens is 302 g/mol. The van der Waals surface area contributed by atoms with Crippen LogP contribution in [0.5, 0.6) is 0 Å². The first-order valence-corrected chi connectivity index (χ1v) is 8.39. The maximum absolute atomic E-state index is 6.14. The van der Waals surface area contributed by atoms with Crippen molar-refractivity contribution >= 4 is 23.4 Å². The van der Waals surface area contributed by atoms with Crippen molar-refractivity contribution < 1.29 is 0 Å². The van der Waals surface area contributed by atoms with E-state index in [9.17, 15) is 0 Å². The molecule has 2 rings (SSSR count). The summed E-state index contributed by atoms with van der Waals surface area (Å²) in [5.41, 5.74) is 2.22. The summed E-state index contributed by atoms with van der Waals surface area (Å²) in [5, 5.41) is 4.95. The number of thioether (sulfide) groups is 1. The Kier molecular flexibility index (Phi) is 6.49.